The van der Waals surface area contributed by atoms with Gasteiger partial charge in [0.1, 0.15) is 33.5 Å². The number of benzene rings is 2. The van der Waals surface area contributed by atoms with Gasteiger partial charge in [0.2, 0.25) is 5.91 Å². The van der Waals surface area contributed by atoms with Gasteiger partial charge in [-0.05, 0) is 30.7 Å². The van der Waals surface area contributed by atoms with E-state index in [0.717, 1.165) is 5.56 Å². The summed E-state index contributed by atoms with van der Waals surface area (Å²) in [6.07, 6.45) is 3.61. The Kier molecular flexibility index (Phi) is 9.45. The molecule has 0 bridgehead atoms. The number of likely N-dealkylation sites (N-methyl/N-ethyl adjacent to an activating group) is 1. The molecule has 1 aliphatic heterocycles. The summed E-state index contributed by atoms with van der Waals surface area (Å²) in [5, 5.41) is 11.9. The molecule has 38 heavy (non-hydrogen) atoms. The largest absolute Gasteiger partial charge is 0.495 e. The Morgan fingerprint density at radius 3 is 2.39 bits per heavy atom. The molecule has 2 unspecified atom stereocenters. The van der Waals surface area contributed by atoms with Crippen molar-refractivity contribution in [3.05, 3.63) is 64.4 Å². The maximum Gasteiger partial charge on any atom is 0.323 e. The highest BCUT2D eigenvalue weighted by Crippen LogP contribution is 2.44. The Balaban J connectivity index is 1.82. The molecule has 1 heterocycles. The Bertz CT molecular complexity index is 1270. The second-order valence-electron chi connectivity index (χ2n) is 8.15. The average molecular weight is 562 g/mol. The van der Waals surface area contributed by atoms with Gasteiger partial charge >= 0.3 is 6.03 Å². The third-order valence-electron chi connectivity index (χ3n) is 5.57. The number of hydrogen-bond acceptors (Lipinski definition) is 8. The van der Waals surface area contributed by atoms with Crippen LogP contribution in [0, 0.1) is 0 Å². The fourth-order valence-electron chi connectivity index (χ4n) is 3.41. The van der Waals surface area contributed by atoms with E-state index in [0.29, 0.717) is 17.2 Å². The lowest BCUT2D eigenvalue weighted by atomic mass is 10.1. The number of urea groups is 1. The van der Waals surface area contributed by atoms with Gasteiger partial charge in [0.25, 0.3) is 0 Å². The Morgan fingerprint density at radius 2 is 1.82 bits per heavy atom. The number of aliphatic imine (C=N–C) groups is 1. The normalized spacial score (nSPS) is 14.9. The predicted octanol–water partition coefficient (Wildman–Crippen LogP) is 4.53. The minimum atomic E-state index is -0.696. The molecular weight excluding hydrogens is 533 g/mol. The van der Waals surface area contributed by atoms with Crippen molar-refractivity contribution in [1.82, 2.24) is 10.2 Å². The number of carbonyl (C=O) groups is 2. The summed E-state index contributed by atoms with van der Waals surface area (Å²) in [5.41, 5.74) is 8.07. The predicted molar refractivity (Wildman–Crippen MR) is 151 cm³/mol. The van der Waals surface area contributed by atoms with E-state index >= 15 is 0 Å². The minimum Gasteiger partial charge on any atom is -0.495 e. The van der Waals surface area contributed by atoms with Crippen molar-refractivity contribution in [2.75, 3.05) is 37.2 Å². The molecule has 0 saturated heterocycles. The minimum absolute atomic E-state index is 0.121. The van der Waals surface area contributed by atoms with Crippen LogP contribution in [0.4, 0.5) is 21.9 Å². The van der Waals surface area contributed by atoms with Crippen molar-refractivity contribution in [3.8, 4) is 11.5 Å². The highest BCUT2D eigenvalue weighted by Gasteiger charge is 2.24. The van der Waals surface area contributed by atoms with Gasteiger partial charge in [0.15, 0.2) is 0 Å². The van der Waals surface area contributed by atoms with E-state index in [4.69, 9.17) is 38.4 Å². The number of hydrogen-bond donors (Lipinski definition) is 5. The van der Waals surface area contributed by atoms with Crippen molar-refractivity contribution in [2.24, 2.45) is 10.7 Å². The van der Waals surface area contributed by atoms with Crippen LogP contribution >= 0.6 is 23.2 Å². The zero-order valence-electron chi connectivity index (χ0n) is 21.3. The number of amides is 3. The van der Waals surface area contributed by atoms with Crippen LogP contribution in [-0.4, -0.2) is 50.6 Å². The molecule has 0 aromatic heterocycles. The van der Waals surface area contributed by atoms with Crippen molar-refractivity contribution in [1.29, 1.82) is 0 Å². The van der Waals surface area contributed by atoms with Crippen LogP contribution in [-0.2, 0) is 4.79 Å². The number of nitrogens with two attached hydrogens (primary N) is 1. The second-order valence-corrected chi connectivity index (χ2v) is 8.91. The standard InChI is InChI=1S/C25H29Cl2N7O4/c1-6-21(35)32-16-9-14(13(2)28)7-8-15(16)31-19-11-20(30-12-29-19)34(3)25(36)33-24-22(26)17(37-4)10-18(38-5)23(24)27/h6-13,20,31H,1,28H2,2-5H3,(H,29,30)(H,32,35)(H,33,36). The Morgan fingerprint density at radius 1 is 1.16 bits per heavy atom. The summed E-state index contributed by atoms with van der Waals surface area (Å²) in [7, 11) is 4.44. The van der Waals surface area contributed by atoms with E-state index in [2.05, 4.69) is 32.8 Å². The van der Waals surface area contributed by atoms with Crippen LogP contribution in [0.3, 0.4) is 0 Å². The second kappa shape index (κ2) is 12.5. The van der Waals surface area contributed by atoms with Crippen LogP contribution in [0.2, 0.25) is 10.0 Å². The molecule has 0 saturated carbocycles. The number of nitrogens with one attached hydrogen (secondary N) is 4. The molecule has 0 spiro atoms. The third kappa shape index (κ3) is 6.49. The molecular formula is C25H29Cl2N7O4. The van der Waals surface area contributed by atoms with E-state index in [9.17, 15) is 9.59 Å². The number of ether oxygens (including phenoxy) is 2. The lowest BCUT2D eigenvalue weighted by Gasteiger charge is -2.27. The molecule has 2 aromatic carbocycles. The smallest absolute Gasteiger partial charge is 0.323 e. The topological polar surface area (TPSA) is 142 Å². The van der Waals surface area contributed by atoms with E-state index in [1.165, 1.54) is 37.6 Å². The van der Waals surface area contributed by atoms with E-state index in [1.54, 1.807) is 25.3 Å². The number of methoxy groups -OCH3 is 2. The zero-order chi connectivity index (χ0) is 28.0. The third-order valence-corrected chi connectivity index (χ3v) is 6.32. The highest BCUT2D eigenvalue weighted by molar-refractivity contribution is 6.41. The van der Waals surface area contributed by atoms with E-state index < -0.39 is 12.2 Å². The quantitative estimate of drug-likeness (QED) is 0.283. The number of rotatable bonds is 9. The van der Waals surface area contributed by atoms with Crippen LogP contribution in [0.1, 0.15) is 18.5 Å². The van der Waals surface area contributed by atoms with Gasteiger partial charge in [-0.2, -0.15) is 0 Å². The van der Waals surface area contributed by atoms with Gasteiger partial charge in [-0.3, -0.25) is 4.79 Å². The highest BCUT2D eigenvalue weighted by atomic mass is 35.5. The summed E-state index contributed by atoms with van der Waals surface area (Å²) in [5.74, 6) is 0.715. The monoisotopic (exact) mass is 561 g/mol. The maximum absolute atomic E-state index is 13.1. The maximum atomic E-state index is 13.1. The summed E-state index contributed by atoms with van der Waals surface area (Å²) in [4.78, 5) is 30.7. The molecule has 0 radical (unpaired) electrons. The first-order chi connectivity index (χ1) is 18.1. The summed E-state index contributed by atoms with van der Waals surface area (Å²) in [6, 6.07) is 6.17. The molecule has 13 heteroatoms. The Hall–Kier alpha value is -3.93. The number of carbonyl (C=O) groups excluding carboxylic acids is 2. The van der Waals surface area contributed by atoms with Gasteiger partial charge in [-0.1, -0.05) is 35.8 Å². The van der Waals surface area contributed by atoms with Gasteiger partial charge < -0.3 is 41.4 Å². The molecule has 1 aliphatic rings. The van der Waals surface area contributed by atoms with Gasteiger partial charge in [-0.15, -0.1) is 0 Å². The van der Waals surface area contributed by atoms with Gasteiger partial charge in [0, 0.05) is 25.2 Å². The van der Waals surface area contributed by atoms with Gasteiger partial charge in [0.05, 0.1) is 37.6 Å². The molecule has 6 N–H and O–H groups in total. The lowest BCUT2D eigenvalue weighted by molar-refractivity contribution is -0.111. The number of halogens is 2. The summed E-state index contributed by atoms with van der Waals surface area (Å²) in [6.45, 7) is 5.34. The fraction of sp³-hybridized carbons (Fsp3) is 0.240. The van der Waals surface area contributed by atoms with Crippen molar-refractivity contribution in [3.63, 3.8) is 0 Å². The first-order valence-corrected chi connectivity index (χ1v) is 12.1. The van der Waals surface area contributed by atoms with Gasteiger partial charge in [-0.25, -0.2) is 9.79 Å². The molecule has 3 amide bonds. The summed E-state index contributed by atoms with van der Waals surface area (Å²) >= 11 is 12.8. The van der Waals surface area contributed by atoms with Crippen LogP contribution in [0.15, 0.2) is 53.8 Å². The number of nitrogens with zero attached hydrogens (tertiary/aromatic N) is 2. The van der Waals surface area contributed by atoms with Crippen molar-refractivity contribution < 1.29 is 19.1 Å². The summed E-state index contributed by atoms with van der Waals surface area (Å²) < 4.78 is 10.5. The molecule has 2 aromatic rings. The molecule has 11 nitrogen and oxygen atoms in total. The molecule has 0 aliphatic carbocycles. The SMILES string of the molecule is C=CC(=O)Nc1cc(C(C)N)ccc1NC1=CC(N(C)C(=O)Nc2c(Cl)c(OC)cc(OC)c2Cl)N=CN1. The lowest BCUT2D eigenvalue weighted by Crippen LogP contribution is -2.41. The molecule has 202 valence electrons. The number of anilines is 3. The molecule has 0 fully saturated rings. The average Bonchev–Trinajstić information content (AvgIpc) is 2.91. The molecule has 3 rings (SSSR count). The molecule has 2 atom stereocenters. The van der Waals surface area contributed by atoms with Crippen LogP contribution in [0.25, 0.3) is 0 Å². The first-order valence-electron chi connectivity index (χ1n) is 11.3. The van der Waals surface area contributed by atoms with E-state index in [-0.39, 0.29) is 39.2 Å². The Labute approximate surface area is 230 Å². The fourth-order valence-corrected chi connectivity index (χ4v) is 4.01. The van der Waals surface area contributed by atoms with Crippen molar-refractivity contribution >= 4 is 58.5 Å². The zero-order valence-corrected chi connectivity index (χ0v) is 22.8. The first kappa shape index (κ1) is 28.6. The van der Waals surface area contributed by atoms with Crippen LogP contribution < -0.4 is 36.5 Å². The van der Waals surface area contributed by atoms with Crippen molar-refractivity contribution in [2.45, 2.75) is 19.1 Å². The van der Waals surface area contributed by atoms with Crippen LogP contribution in [0.5, 0.6) is 11.5 Å². The van der Waals surface area contributed by atoms with E-state index in [1.807, 2.05) is 13.0 Å².